The van der Waals surface area contributed by atoms with Crippen molar-refractivity contribution in [1.29, 1.82) is 0 Å². The van der Waals surface area contributed by atoms with Crippen LogP contribution in [0.3, 0.4) is 0 Å². The molecule has 0 nitrogen and oxygen atoms in total. The highest BCUT2D eigenvalue weighted by Crippen LogP contribution is 2.31. The Morgan fingerprint density at radius 2 is 1.48 bits per heavy atom. The van der Waals surface area contributed by atoms with Crippen LogP contribution in [0.2, 0.25) is 0 Å². The van der Waals surface area contributed by atoms with Crippen molar-refractivity contribution < 1.29 is 0 Å². The summed E-state index contributed by atoms with van der Waals surface area (Å²) in [6, 6.07) is 27.6. The summed E-state index contributed by atoms with van der Waals surface area (Å²) in [5.74, 6) is 0. The first-order chi connectivity index (χ1) is 12.3. The van der Waals surface area contributed by atoms with E-state index >= 15 is 0 Å². The lowest BCUT2D eigenvalue weighted by atomic mass is 9.99. The summed E-state index contributed by atoms with van der Waals surface area (Å²) < 4.78 is 0. The minimum Gasteiger partial charge on any atom is -0.0901 e. The van der Waals surface area contributed by atoms with Crippen molar-refractivity contribution in [2.24, 2.45) is 0 Å². The highest BCUT2D eigenvalue weighted by atomic mass is 32.2. The summed E-state index contributed by atoms with van der Waals surface area (Å²) >= 11 is 1.80. The zero-order chi connectivity index (χ0) is 17.5. The lowest BCUT2D eigenvalue weighted by Crippen LogP contribution is -1.87. The molecule has 0 amide bonds. The summed E-state index contributed by atoms with van der Waals surface area (Å²) in [4.78, 5) is 2.54. The molecule has 0 bridgehead atoms. The number of allylic oxidation sites excluding steroid dienone is 3. The van der Waals surface area contributed by atoms with Crippen LogP contribution in [0.5, 0.6) is 0 Å². The molecule has 0 fully saturated rings. The molecular formula is C24H22S. The Hall–Kier alpha value is -2.51. The molecule has 0 unspecified atom stereocenters. The molecule has 0 aliphatic heterocycles. The lowest BCUT2D eigenvalue weighted by molar-refractivity contribution is 1.32. The average molecular weight is 343 g/mol. The molecule has 3 aromatic rings. The van der Waals surface area contributed by atoms with Gasteiger partial charge in [-0.1, -0.05) is 84.6 Å². The second-order valence-corrected chi connectivity index (χ2v) is 7.03. The minimum atomic E-state index is 1.22. The molecule has 0 aliphatic carbocycles. The van der Waals surface area contributed by atoms with Crippen molar-refractivity contribution in [3.8, 4) is 0 Å². The maximum atomic E-state index is 2.27. The molecule has 124 valence electrons. The molecule has 1 heteroatoms. The number of rotatable bonds is 5. The Bertz CT molecular complexity index is 874. The molecule has 3 rings (SSSR count). The normalized spacial score (nSPS) is 11.8. The van der Waals surface area contributed by atoms with Gasteiger partial charge in [0.15, 0.2) is 0 Å². The van der Waals surface area contributed by atoms with E-state index in [4.69, 9.17) is 0 Å². The Balaban J connectivity index is 1.80. The topological polar surface area (TPSA) is 0 Å². The first-order valence-corrected chi connectivity index (χ1v) is 9.31. The maximum absolute atomic E-state index is 2.27. The standard InChI is InChI=1S/C24H22S/c1-3-21(15-14-20-10-6-4-7-11-20)24-17-16-23(18-19(24)2)25-22-12-8-5-9-13-22/h3-18H,1-2H3/b15-14+,21-3-. The molecule has 25 heavy (non-hydrogen) atoms. The van der Waals surface area contributed by atoms with Gasteiger partial charge in [-0.25, -0.2) is 0 Å². The molecule has 0 atom stereocenters. The van der Waals surface area contributed by atoms with Crippen LogP contribution < -0.4 is 0 Å². The second kappa shape index (κ2) is 8.55. The third-order valence-corrected chi connectivity index (χ3v) is 5.05. The largest absolute Gasteiger partial charge is 0.0901 e. The van der Waals surface area contributed by atoms with E-state index in [9.17, 15) is 0 Å². The first kappa shape index (κ1) is 17.3. The van der Waals surface area contributed by atoms with Crippen molar-refractivity contribution in [2.45, 2.75) is 23.6 Å². The lowest BCUT2D eigenvalue weighted by Gasteiger charge is -2.10. The van der Waals surface area contributed by atoms with Gasteiger partial charge in [0.1, 0.15) is 0 Å². The van der Waals surface area contributed by atoms with E-state index < -0.39 is 0 Å². The average Bonchev–Trinajstić information content (AvgIpc) is 2.65. The minimum absolute atomic E-state index is 1.22. The van der Waals surface area contributed by atoms with E-state index in [0.717, 1.165) is 0 Å². The zero-order valence-electron chi connectivity index (χ0n) is 14.6. The number of hydrogen-bond acceptors (Lipinski definition) is 1. The van der Waals surface area contributed by atoms with E-state index in [1.807, 2.05) is 6.07 Å². The zero-order valence-corrected chi connectivity index (χ0v) is 15.5. The Labute approximate surface area is 154 Å². The molecular weight excluding hydrogens is 320 g/mol. The molecule has 0 aromatic heterocycles. The van der Waals surface area contributed by atoms with Gasteiger partial charge in [-0.2, -0.15) is 0 Å². The van der Waals surface area contributed by atoms with Crippen LogP contribution in [0.1, 0.15) is 23.6 Å². The SMILES string of the molecule is C/C=C(/C=C/c1ccccc1)c1ccc(Sc2ccccc2)cc1C. The third-order valence-electron chi connectivity index (χ3n) is 4.05. The summed E-state index contributed by atoms with van der Waals surface area (Å²) in [6.45, 7) is 4.28. The fourth-order valence-corrected chi connectivity index (χ4v) is 3.68. The number of benzene rings is 3. The molecule has 0 radical (unpaired) electrons. The molecule has 0 spiro atoms. The fraction of sp³-hybridized carbons (Fsp3) is 0.0833. The second-order valence-electron chi connectivity index (χ2n) is 5.88. The molecule has 0 aliphatic rings. The Morgan fingerprint density at radius 3 is 2.12 bits per heavy atom. The number of aryl methyl sites for hydroxylation is 1. The van der Waals surface area contributed by atoms with Crippen molar-refractivity contribution in [1.82, 2.24) is 0 Å². The van der Waals surface area contributed by atoms with Crippen LogP contribution in [0, 0.1) is 6.92 Å². The Kier molecular flexibility index (Phi) is 5.92. The highest BCUT2D eigenvalue weighted by Gasteiger charge is 2.04. The van der Waals surface area contributed by atoms with E-state index in [0.29, 0.717) is 0 Å². The molecule has 0 saturated heterocycles. The maximum Gasteiger partial charge on any atom is 0.0125 e. The smallest absolute Gasteiger partial charge is 0.0125 e. The predicted molar refractivity (Wildman–Crippen MR) is 111 cm³/mol. The summed E-state index contributed by atoms with van der Waals surface area (Å²) in [6.07, 6.45) is 6.54. The van der Waals surface area contributed by atoms with Gasteiger partial charge in [-0.15, -0.1) is 0 Å². The molecule has 0 heterocycles. The van der Waals surface area contributed by atoms with E-state index in [2.05, 4.69) is 105 Å². The van der Waals surface area contributed by atoms with Crippen LogP contribution in [-0.4, -0.2) is 0 Å². The third kappa shape index (κ3) is 4.74. The van der Waals surface area contributed by atoms with E-state index in [-0.39, 0.29) is 0 Å². The quantitative estimate of drug-likeness (QED) is 0.440. The number of hydrogen-bond donors (Lipinski definition) is 0. The van der Waals surface area contributed by atoms with Crippen LogP contribution in [-0.2, 0) is 0 Å². The van der Waals surface area contributed by atoms with E-state index in [1.165, 1.54) is 32.1 Å². The van der Waals surface area contributed by atoms with Crippen LogP contribution >= 0.6 is 11.8 Å². The molecule has 0 N–H and O–H groups in total. The Morgan fingerprint density at radius 1 is 0.800 bits per heavy atom. The summed E-state index contributed by atoms with van der Waals surface area (Å²) in [5, 5.41) is 0. The van der Waals surface area contributed by atoms with E-state index in [1.54, 1.807) is 11.8 Å². The summed E-state index contributed by atoms with van der Waals surface area (Å²) in [5.41, 5.74) is 5.05. The van der Waals surface area contributed by atoms with Crippen molar-refractivity contribution in [3.05, 3.63) is 108 Å². The van der Waals surface area contributed by atoms with Crippen LogP contribution in [0.4, 0.5) is 0 Å². The predicted octanol–water partition coefficient (Wildman–Crippen LogP) is 7.26. The first-order valence-electron chi connectivity index (χ1n) is 8.49. The monoisotopic (exact) mass is 342 g/mol. The van der Waals surface area contributed by atoms with Crippen LogP contribution in [0.15, 0.2) is 101 Å². The van der Waals surface area contributed by atoms with Gasteiger partial charge in [0.25, 0.3) is 0 Å². The molecule has 0 saturated carbocycles. The van der Waals surface area contributed by atoms with Gasteiger partial charge in [-0.3, -0.25) is 0 Å². The summed E-state index contributed by atoms with van der Waals surface area (Å²) in [7, 11) is 0. The highest BCUT2D eigenvalue weighted by molar-refractivity contribution is 7.99. The van der Waals surface area contributed by atoms with Crippen molar-refractivity contribution in [2.75, 3.05) is 0 Å². The van der Waals surface area contributed by atoms with Crippen molar-refractivity contribution >= 4 is 23.4 Å². The van der Waals surface area contributed by atoms with Gasteiger partial charge in [0.05, 0.1) is 0 Å². The van der Waals surface area contributed by atoms with Crippen molar-refractivity contribution in [3.63, 3.8) is 0 Å². The van der Waals surface area contributed by atoms with Gasteiger partial charge in [0.2, 0.25) is 0 Å². The fourth-order valence-electron chi connectivity index (χ4n) is 2.74. The van der Waals surface area contributed by atoms with Gasteiger partial charge in [0, 0.05) is 9.79 Å². The van der Waals surface area contributed by atoms with Gasteiger partial charge < -0.3 is 0 Å². The van der Waals surface area contributed by atoms with Gasteiger partial charge >= 0.3 is 0 Å². The molecule has 3 aromatic carbocycles. The van der Waals surface area contributed by atoms with Gasteiger partial charge in [-0.05, 0) is 60.4 Å². The van der Waals surface area contributed by atoms with Crippen LogP contribution in [0.25, 0.3) is 11.6 Å².